The third kappa shape index (κ3) is 5.54. The Morgan fingerprint density at radius 1 is 1.00 bits per heavy atom. The van der Waals surface area contributed by atoms with E-state index in [0.29, 0.717) is 0 Å². The highest BCUT2D eigenvalue weighted by Gasteiger charge is 2.47. The van der Waals surface area contributed by atoms with E-state index in [1.54, 1.807) is 32.9 Å². The summed E-state index contributed by atoms with van der Waals surface area (Å²) in [6.07, 6.45) is 0. The summed E-state index contributed by atoms with van der Waals surface area (Å²) in [5.41, 5.74) is -1.89. The van der Waals surface area contributed by atoms with Gasteiger partial charge in [0.15, 0.2) is 5.41 Å². The van der Waals surface area contributed by atoms with E-state index >= 15 is 0 Å². The number of hydrogen-bond acceptors (Lipinski definition) is 7. The molecule has 0 fully saturated rings. The third-order valence-electron chi connectivity index (χ3n) is 3.30. The van der Waals surface area contributed by atoms with Gasteiger partial charge in [0.1, 0.15) is 5.60 Å². The minimum absolute atomic E-state index is 0.0745. The summed E-state index contributed by atoms with van der Waals surface area (Å²) in [5.74, 6) is -1.87. The monoisotopic (exact) mass is 372 g/mol. The Bertz CT molecular complexity index is 729. The van der Waals surface area contributed by atoms with E-state index in [1.165, 1.54) is 19.1 Å². The van der Waals surface area contributed by atoms with Crippen LogP contribution < -0.4 is 0 Å². The van der Waals surface area contributed by atoms with Gasteiger partial charge in [-0.2, -0.15) is 8.42 Å². The van der Waals surface area contributed by atoms with Gasteiger partial charge < -0.3 is 9.47 Å². The van der Waals surface area contributed by atoms with Crippen molar-refractivity contribution in [1.82, 2.24) is 0 Å². The average Bonchev–Trinajstić information content (AvgIpc) is 2.50. The smallest absolute Gasteiger partial charge is 0.326 e. The van der Waals surface area contributed by atoms with Gasteiger partial charge in [-0.1, -0.05) is 17.7 Å². The second-order valence-corrected chi connectivity index (χ2v) is 8.47. The van der Waals surface area contributed by atoms with Gasteiger partial charge in [-0.25, -0.2) is 0 Å². The van der Waals surface area contributed by atoms with E-state index in [1.807, 2.05) is 6.92 Å². The van der Waals surface area contributed by atoms with Crippen LogP contribution in [-0.4, -0.2) is 39.7 Å². The van der Waals surface area contributed by atoms with Gasteiger partial charge in [0, 0.05) is 0 Å². The van der Waals surface area contributed by atoms with Crippen LogP contribution in [0.25, 0.3) is 0 Å². The molecule has 0 aliphatic rings. The maximum atomic E-state index is 12.4. The molecule has 0 aliphatic carbocycles. The predicted molar refractivity (Wildman–Crippen MR) is 90.3 cm³/mol. The van der Waals surface area contributed by atoms with Gasteiger partial charge in [0.2, 0.25) is 0 Å². The average molecular weight is 372 g/mol. The molecule has 0 N–H and O–H groups in total. The van der Waals surface area contributed by atoms with E-state index in [-0.39, 0.29) is 4.90 Å². The SMILES string of the molecule is COC(=O)C(C)(COS(=O)(=O)c1ccc(C)cc1)C(=O)OC(C)(C)C. The Morgan fingerprint density at radius 3 is 1.96 bits per heavy atom. The van der Waals surface area contributed by atoms with Gasteiger partial charge in [0.05, 0.1) is 18.6 Å². The highest BCUT2D eigenvalue weighted by molar-refractivity contribution is 7.86. The van der Waals surface area contributed by atoms with E-state index in [4.69, 9.17) is 8.92 Å². The van der Waals surface area contributed by atoms with Crippen molar-refractivity contribution >= 4 is 22.1 Å². The zero-order chi connectivity index (χ0) is 19.5. The molecule has 0 bridgehead atoms. The van der Waals surface area contributed by atoms with Gasteiger partial charge in [0.25, 0.3) is 10.1 Å². The largest absolute Gasteiger partial charge is 0.468 e. The quantitative estimate of drug-likeness (QED) is 0.429. The van der Waals surface area contributed by atoms with Crippen LogP contribution in [0.4, 0.5) is 0 Å². The molecule has 0 saturated heterocycles. The van der Waals surface area contributed by atoms with Crippen molar-refractivity contribution in [2.45, 2.75) is 45.1 Å². The maximum absolute atomic E-state index is 12.4. The molecule has 8 heteroatoms. The number of benzene rings is 1. The number of ether oxygens (including phenoxy) is 2. The van der Waals surface area contributed by atoms with Crippen molar-refractivity contribution in [3.05, 3.63) is 29.8 Å². The predicted octanol–water partition coefficient (Wildman–Crippen LogP) is 2.22. The summed E-state index contributed by atoms with van der Waals surface area (Å²) < 4.78 is 39.3. The summed E-state index contributed by atoms with van der Waals surface area (Å²) in [5, 5.41) is 0. The lowest BCUT2D eigenvalue weighted by molar-refractivity contribution is -0.179. The molecular weight excluding hydrogens is 348 g/mol. The Morgan fingerprint density at radius 2 is 1.52 bits per heavy atom. The van der Waals surface area contributed by atoms with Crippen LogP contribution in [0.5, 0.6) is 0 Å². The molecule has 0 spiro atoms. The molecule has 7 nitrogen and oxygen atoms in total. The first-order valence-corrected chi connectivity index (χ1v) is 9.00. The molecule has 1 unspecified atom stereocenters. The Hall–Kier alpha value is -1.93. The molecule has 1 aromatic carbocycles. The van der Waals surface area contributed by atoms with Crippen molar-refractivity contribution in [2.75, 3.05) is 13.7 Å². The highest BCUT2D eigenvalue weighted by atomic mass is 32.2. The number of rotatable bonds is 6. The van der Waals surface area contributed by atoms with E-state index in [2.05, 4.69) is 4.74 Å². The molecule has 140 valence electrons. The number of methoxy groups -OCH3 is 1. The zero-order valence-electron chi connectivity index (χ0n) is 15.3. The lowest BCUT2D eigenvalue weighted by atomic mass is 9.92. The molecule has 1 rings (SSSR count). The van der Waals surface area contributed by atoms with Crippen molar-refractivity contribution in [3.8, 4) is 0 Å². The molecule has 1 aromatic rings. The van der Waals surface area contributed by atoms with Crippen molar-refractivity contribution in [1.29, 1.82) is 0 Å². The Labute approximate surface area is 148 Å². The Balaban J connectivity index is 3.05. The molecule has 0 aromatic heterocycles. The summed E-state index contributed by atoms with van der Waals surface area (Å²) in [7, 11) is -3.05. The zero-order valence-corrected chi connectivity index (χ0v) is 16.1. The second-order valence-electron chi connectivity index (χ2n) is 6.85. The van der Waals surface area contributed by atoms with Crippen LogP contribution in [0.15, 0.2) is 29.2 Å². The number of aryl methyl sites for hydroxylation is 1. The highest BCUT2D eigenvalue weighted by Crippen LogP contribution is 2.26. The van der Waals surface area contributed by atoms with Gasteiger partial charge in [-0.15, -0.1) is 0 Å². The molecule has 0 saturated carbocycles. The first-order valence-electron chi connectivity index (χ1n) is 7.60. The molecule has 0 radical (unpaired) electrons. The molecule has 25 heavy (non-hydrogen) atoms. The number of carbonyl (C=O) groups is 2. The van der Waals surface area contributed by atoms with Crippen LogP contribution in [0, 0.1) is 12.3 Å². The summed E-state index contributed by atoms with van der Waals surface area (Å²) >= 11 is 0. The Kier molecular flexibility index (Phi) is 6.36. The first-order chi connectivity index (χ1) is 11.3. The minimum atomic E-state index is -4.14. The number of carbonyl (C=O) groups excluding carboxylic acids is 2. The fourth-order valence-electron chi connectivity index (χ4n) is 1.79. The molecule has 0 aliphatic heterocycles. The summed E-state index contributed by atoms with van der Waals surface area (Å²) in [4.78, 5) is 24.4. The summed E-state index contributed by atoms with van der Waals surface area (Å²) in [6, 6.07) is 5.99. The van der Waals surface area contributed by atoms with Gasteiger partial charge in [-0.05, 0) is 46.8 Å². The summed E-state index contributed by atoms with van der Waals surface area (Å²) in [6.45, 7) is 7.20. The fourth-order valence-corrected chi connectivity index (χ4v) is 2.78. The number of hydrogen-bond donors (Lipinski definition) is 0. The van der Waals surface area contributed by atoms with Crippen LogP contribution in [0.1, 0.15) is 33.3 Å². The van der Waals surface area contributed by atoms with E-state index in [9.17, 15) is 18.0 Å². The standard InChI is InChI=1S/C17H24O7S/c1-12-7-9-13(10-8-12)25(20,21)23-11-17(5,14(18)22-6)15(19)24-16(2,3)4/h7-10H,11H2,1-6H3. The lowest BCUT2D eigenvalue weighted by Gasteiger charge is -2.28. The molecule has 0 heterocycles. The van der Waals surface area contributed by atoms with Crippen LogP contribution >= 0.6 is 0 Å². The van der Waals surface area contributed by atoms with Crippen molar-refractivity contribution in [2.24, 2.45) is 5.41 Å². The fraction of sp³-hybridized carbons (Fsp3) is 0.529. The third-order valence-corrected chi connectivity index (χ3v) is 4.58. The minimum Gasteiger partial charge on any atom is -0.468 e. The second kappa shape index (κ2) is 7.53. The topological polar surface area (TPSA) is 96.0 Å². The van der Waals surface area contributed by atoms with Crippen LogP contribution in [0.3, 0.4) is 0 Å². The van der Waals surface area contributed by atoms with Crippen LogP contribution in [-0.2, 0) is 33.4 Å². The molecule has 1 atom stereocenters. The van der Waals surface area contributed by atoms with E-state index in [0.717, 1.165) is 12.7 Å². The van der Waals surface area contributed by atoms with Gasteiger partial charge >= 0.3 is 11.9 Å². The molecular formula is C17H24O7S. The lowest BCUT2D eigenvalue weighted by Crippen LogP contribution is -2.45. The maximum Gasteiger partial charge on any atom is 0.326 e. The van der Waals surface area contributed by atoms with E-state index < -0.39 is 39.7 Å². The van der Waals surface area contributed by atoms with Crippen molar-refractivity contribution in [3.63, 3.8) is 0 Å². The number of esters is 2. The first kappa shape index (κ1) is 21.1. The molecule has 0 amide bonds. The van der Waals surface area contributed by atoms with Crippen molar-refractivity contribution < 1.29 is 31.7 Å². The normalized spacial score (nSPS) is 14.5. The van der Waals surface area contributed by atoms with Gasteiger partial charge in [-0.3, -0.25) is 13.8 Å². The van der Waals surface area contributed by atoms with Crippen LogP contribution in [0.2, 0.25) is 0 Å².